The first-order valence-electron chi connectivity index (χ1n) is 7.00. The lowest BCUT2D eigenvalue weighted by Gasteiger charge is -2.40. The van der Waals surface area contributed by atoms with Crippen LogP contribution in [0.2, 0.25) is 0 Å². The zero-order chi connectivity index (χ0) is 14.5. The number of carbonyl (C=O) groups excluding carboxylic acids is 1. The Morgan fingerprint density at radius 2 is 2.10 bits per heavy atom. The van der Waals surface area contributed by atoms with Crippen LogP contribution in [0, 0.1) is 0 Å². The van der Waals surface area contributed by atoms with Crippen molar-refractivity contribution in [3.63, 3.8) is 0 Å². The van der Waals surface area contributed by atoms with Crippen molar-refractivity contribution < 1.29 is 19.4 Å². The highest BCUT2D eigenvalue weighted by atomic mass is 32.2. The number of carboxylic acids is 1. The van der Waals surface area contributed by atoms with E-state index in [4.69, 9.17) is 9.84 Å². The van der Waals surface area contributed by atoms with E-state index in [1.165, 1.54) is 0 Å². The van der Waals surface area contributed by atoms with Crippen LogP contribution in [0.4, 0.5) is 4.79 Å². The van der Waals surface area contributed by atoms with Crippen LogP contribution < -0.4 is 0 Å². The van der Waals surface area contributed by atoms with E-state index in [0.29, 0.717) is 25.5 Å². The largest absolute Gasteiger partial charge is 0.481 e. The van der Waals surface area contributed by atoms with Gasteiger partial charge in [0, 0.05) is 44.4 Å². The number of urea groups is 1. The zero-order valence-corrected chi connectivity index (χ0v) is 12.6. The molecule has 0 spiro atoms. The molecular weight excluding hydrogens is 280 g/mol. The quantitative estimate of drug-likeness (QED) is 0.845. The van der Waals surface area contributed by atoms with Crippen LogP contribution in [0.1, 0.15) is 19.3 Å². The van der Waals surface area contributed by atoms with Gasteiger partial charge in [-0.25, -0.2) is 4.79 Å². The highest BCUT2D eigenvalue weighted by molar-refractivity contribution is 7.99. The minimum Gasteiger partial charge on any atom is -0.481 e. The number of thioether (sulfide) groups is 1. The molecule has 2 aliphatic heterocycles. The zero-order valence-electron chi connectivity index (χ0n) is 11.8. The van der Waals surface area contributed by atoms with Crippen molar-refractivity contribution in [2.75, 3.05) is 38.3 Å². The second kappa shape index (κ2) is 7.17. The number of aliphatic carboxylic acids is 1. The van der Waals surface area contributed by atoms with Crippen LogP contribution in [-0.2, 0) is 9.53 Å². The number of hydrogen-bond acceptors (Lipinski definition) is 4. The first-order valence-corrected chi connectivity index (χ1v) is 8.15. The molecule has 2 saturated heterocycles. The Bertz CT molecular complexity index is 360. The SMILES string of the molecule is CN(C(=O)N1CCSCC1CC(=O)O)C1CCOCC1. The fraction of sp³-hybridized carbons (Fsp3) is 0.846. The number of ether oxygens (including phenoxy) is 1. The number of amides is 2. The van der Waals surface area contributed by atoms with Gasteiger partial charge in [0.25, 0.3) is 0 Å². The van der Waals surface area contributed by atoms with Gasteiger partial charge >= 0.3 is 12.0 Å². The summed E-state index contributed by atoms with van der Waals surface area (Å²) in [7, 11) is 1.82. The molecule has 2 heterocycles. The molecule has 0 bridgehead atoms. The molecule has 6 nitrogen and oxygen atoms in total. The summed E-state index contributed by atoms with van der Waals surface area (Å²) >= 11 is 1.72. The molecule has 0 radical (unpaired) electrons. The van der Waals surface area contributed by atoms with Crippen LogP contribution >= 0.6 is 11.8 Å². The van der Waals surface area contributed by atoms with Gasteiger partial charge in [0.15, 0.2) is 0 Å². The molecule has 0 aromatic heterocycles. The molecule has 2 rings (SSSR count). The molecule has 20 heavy (non-hydrogen) atoms. The normalized spacial score (nSPS) is 24.4. The van der Waals surface area contributed by atoms with E-state index >= 15 is 0 Å². The van der Waals surface area contributed by atoms with Gasteiger partial charge in [-0.15, -0.1) is 0 Å². The Morgan fingerprint density at radius 1 is 1.40 bits per heavy atom. The van der Waals surface area contributed by atoms with Gasteiger partial charge < -0.3 is 19.6 Å². The number of carbonyl (C=O) groups is 2. The Morgan fingerprint density at radius 3 is 2.75 bits per heavy atom. The second-order valence-corrected chi connectivity index (χ2v) is 6.41. The highest BCUT2D eigenvalue weighted by Crippen LogP contribution is 2.22. The van der Waals surface area contributed by atoms with Crippen molar-refractivity contribution in [3.05, 3.63) is 0 Å². The molecule has 1 N–H and O–H groups in total. The minimum atomic E-state index is -0.844. The van der Waals surface area contributed by atoms with Crippen molar-refractivity contribution >= 4 is 23.8 Å². The molecule has 2 aliphatic rings. The lowest BCUT2D eigenvalue weighted by molar-refractivity contribution is -0.138. The van der Waals surface area contributed by atoms with Gasteiger partial charge in [-0.3, -0.25) is 4.79 Å². The third-order valence-electron chi connectivity index (χ3n) is 3.92. The fourth-order valence-electron chi connectivity index (χ4n) is 2.71. The predicted molar refractivity (Wildman–Crippen MR) is 77.1 cm³/mol. The van der Waals surface area contributed by atoms with Crippen LogP contribution in [0.25, 0.3) is 0 Å². The smallest absolute Gasteiger partial charge is 0.320 e. The van der Waals surface area contributed by atoms with Crippen molar-refractivity contribution in [2.45, 2.75) is 31.3 Å². The maximum atomic E-state index is 12.6. The molecule has 2 amide bonds. The summed E-state index contributed by atoms with van der Waals surface area (Å²) < 4.78 is 5.32. The maximum Gasteiger partial charge on any atom is 0.320 e. The topological polar surface area (TPSA) is 70.1 Å². The number of carboxylic acid groups (broad SMARTS) is 1. The lowest BCUT2D eigenvalue weighted by Crippen LogP contribution is -2.54. The van der Waals surface area contributed by atoms with Gasteiger partial charge in [0.2, 0.25) is 0 Å². The maximum absolute atomic E-state index is 12.6. The first kappa shape index (κ1) is 15.4. The van der Waals surface area contributed by atoms with Crippen molar-refractivity contribution in [2.24, 2.45) is 0 Å². The van der Waals surface area contributed by atoms with E-state index in [2.05, 4.69) is 0 Å². The summed E-state index contributed by atoms with van der Waals surface area (Å²) in [5.74, 6) is 0.743. The highest BCUT2D eigenvalue weighted by Gasteiger charge is 2.33. The van der Waals surface area contributed by atoms with Crippen LogP contribution in [0.3, 0.4) is 0 Å². The average Bonchev–Trinajstić information content (AvgIpc) is 2.46. The number of nitrogens with zero attached hydrogens (tertiary/aromatic N) is 2. The van der Waals surface area contributed by atoms with Gasteiger partial charge in [-0.1, -0.05) is 0 Å². The second-order valence-electron chi connectivity index (χ2n) is 5.26. The molecule has 2 fully saturated rings. The molecule has 1 unspecified atom stereocenters. The van der Waals surface area contributed by atoms with Crippen LogP contribution in [0.5, 0.6) is 0 Å². The fourth-order valence-corrected chi connectivity index (χ4v) is 3.77. The van der Waals surface area contributed by atoms with Gasteiger partial charge in [-0.05, 0) is 12.8 Å². The third-order valence-corrected chi connectivity index (χ3v) is 5.02. The van der Waals surface area contributed by atoms with E-state index in [9.17, 15) is 9.59 Å². The van der Waals surface area contributed by atoms with E-state index in [0.717, 1.165) is 18.6 Å². The van der Waals surface area contributed by atoms with Crippen molar-refractivity contribution in [1.82, 2.24) is 9.80 Å². The van der Waals surface area contributed by atoms with E-state index in [-0.39, 0.29) is 24.5 Å². The number of rotatable bonds is 3. The Hall–Kier alpha value is -0.950. The summed E-state index contributed by atoms with van der Waals surface area (Å²) in [4.78, 5) is 27.0. The molecule has 0 aliphatic carbocycles. The van der Waals surface area contributed by atoms with Crippen molar-refractivity contribution in [3.8, 4) is 0 Å². The Labute approximate surface area is 123 Å². The summed E-state index contributed by atoms with van der Waals surface area (Å²) in [5.41, 5.74) is 0. The first-order chi connectivity index (χ1) is 9.59. The Kier molecular flexibility index (Phi) is 5.54. The van der Waals surface area contributed by atoms with Crippen LogP contribution in [-0.4, -0.2) is 77.3 Å². The van der Waals surface area contributed by atoms with Gasteiger partial charge in [0.05, 0.1) is 12.5 Å². The lowest BCUT2D eigenvalue weighted by atomic mass is 10.1. The summed E-state index contributed by atoms with van der Waals surface area (Å²) in [6.07, 6.45) is 1.74. The molecule has 7 heteroatoms. The standard InChI is InChI=1S/C13H22N2O4S/c1-14(10-2-5-19-6-3-10)13(18)15-4-7-20-9-11(15)8-12(16)17/h10-11H,2-9H2,1H3,(H,16,17). The molecule has 0 aromatic carbocycles. The molecule has 0 saturated carbocycles. The van der Waals surface area contributed by atoms with Crippen molar-refractivity contribution in [1.29, 1.82) is 0 Å². The molecule has 0 aromatic rings. The number of hydrogen-bond donors (Lipinski definition) is 1. The van der Waals surface area contributed by atoms with E-state index in [1.54, 1.807) is 21.6 Å². The van der Waals surface area contributed by atoms with Gasteiger partial charge in [0.1, 0.15) is 0 Å². The summed E-state index contributed by atoms with van der Waals surface area (Å²) in [5, 5.41) is 8.98. The minimum absolute atomic E-state index is 0.0281. The van der Waals surface area contributed by atoms with E-state index in [1.807, 2.05) is 7.05 Å². The molecule has 1 atom stereocenters. The molecular formula is C13H22N2O4S. The monoisotopic (exact) mass is 302 g/mol. The van der Waals surface area contributed by atoms with Crippen LogP contribution in [0.15, 0.2) is 0 Å². The summed E-state index contributed by atoms with van der Waals surface area (Å²) in [6.45, 7) is 2.02. The van der Waals surface area contributed by atoms with Gasteiger partial charge in [-0.2, -0.15) is 11.8 Å². The van der Waals surface area contributed by atoms with E-state index < -0.39 is 5.97 Å². The average molecular weight is 302 g/mol. The summed E-state index contributed by atoms with van der Waals surface area (Å²) in [6, 6.07) is -0.0270. The predicted octanol–water partition coefficient (Wildman–Crippen LogP) is 1.11. The Balaban J connectivity index is 1.98. The third kappa shape index (κ3) is 3.79. The molecule has 114 valence electrons.